The number of carbonyl (C=O) groups excluding carboxylic acids is 2. The average Bonchev–Trinajstić information content (AvgIpc) is 2.36. The average molecular weight is 269 g/mol. The first-order valence-corrected chi connectivity index (χ1v) is 5.70. The minimum absolute atomic E-state index is 0.0946. The maximum absolute atomic E-state index is 12.6. The highest BCUT2D eigenvalue weighted by Gasteiger charge is 2.01. The molecule has 0 saturated carbocycles. The maximum atomic E-state index is 12.6. The molecule has 6 nitrogen and oxygen atoms in total. The van der Waals surface area contributed by atoms with Crippen LogP contribution in [0, 0.1) is 5.82 Å². The highest BCUT2D eigenvalue weighted by atomic mass is 19.1. The molecule has 0 spiro atoms. The second-order valence-corrected chi connectivity index (χ2v) is 3.75. The summed E-state index contributed by atoms with van der Waals surface area (Å²) in [6.07, 6.45) is 0. The number of nitrogens with two attached hydrogens (primary N) is 1. The third-order valence-corrected chi connectivity index (χ3v) is 2.08. The number of halogens is 1. The molecule has 2 amide bonds. The molecule has 0 aliphatic rings. The Labute approximate surface area is 110 Å². The summed E-state index contributed by atoms with van der Waals surface area (Å²) in [5.41, 5.74) is 5.40. The van der Waals surface area contributed by atoms with Gasteiger partial charge in [0.05, 0.1) is 13.2 Å². The predicted molar refractivity (Wildman–Crippen MR) is 67.9 cm³/mol. The van der Waals surface area contributed by atoms with Crippen molar-refractivity contribution in [3.63, 3.8) is 0 Å². The second kappa shape index (κ2) is 8.17. The van der Waals surface area contributed by atoms with Crippen molar-refractivity contribution in [1.29, 1.82) is 0 Å². The van der Waals surface area contributed by atoms with Gasteiger partial charge in [0.1, 0.15) is 12.4 Å². The van der Waals surface area contributed by atoms with Crippen molar-refractivity contribution >= 4 is 17.5 Å². The zero-order valence-corrected chi connectivity index (χ0v) is 10.3. The van der Waals surface area contributed by atoms with E-state index in [1.807, 2.05) is 0 Å². The largest absolute Gasteiger partial charge is 0.370 e. The molecule has 0 aromatic heterocycles. The summed E-state index contributed by atoms with van der Waals surface area (Å²) in [5.74, 6) is -1.14. The van der Waals surface area contributed by atoms with Crippen molar-refractivity contribution in [2.24, 2.45) is 5.73 Å². The smallest absolute Gasteiger partial charge is 0.243 e. The lowest BCUT2D eigenvalue weighted by molar-refractivity contribution is -0.122. The molecule has 0 unspecified atom stereocenters. The number of anilines is 1. The van der Waals surface area contributed by atoms with Crippen LogP contribution in [0.2, 0.25) is 0 Å². The molecule has 19 heavy (non-hydrogen) atoms. The van der Waals surface area contributed by atoms with Gasteiger partial charge in [-0.1, -0.05) is 0 Å². The molecule has 7 heteroatoms. The summed E-state index contributed by atoms with van der Waals surface area (Å²) in [6, 6.07) is 5.48. The standard InChI is InChI=1S/C12H16FN3O3/c13-9-1-3-10(4-2-9)16-12(18)7-15-5-6-19-8-11(14)17/h1-4,15H,5-8H2,(H2,14,17)(H,16,18). The molecule has 0 fully saturated rings. The highest BCUT2D eigenvalue weighted by Crippen LogP contribution is 2.07. The minimum atomic E-state index is -0.533. The molecule has 0 saturated heterocycles. The Bertz CT molecular complexity index is 423. The van der Waals surface area contributed by atoms with E-state index in [0.717, 1.165) is 0 Å². The summed E-state index contributed by atoms with van der Waals surface area (Å²) in [6.45, 7) is 0.664. The van der Waals surface area contributed by atoms with Crippen LogP contribution in [0.3, 0.4) is 0 Å². The maximum Gasteiger partial charge on any atom is 0.243 e. The molecular weight excluding hydrogens is 253 g/mol. The first kappa shape index (κ1) is 15.1. The van der Waals surface area contributed by atoms with Crippen LogP contribution in [0.25, 0.3) is 0 Å². The van der Waals surface area contributed by atoms with Gasteiger partial charge in [0.15, 0.2) is 0 Å². The molecule has 0 radical (unpaired) electrons. The van der Waals surface area contributed by atoms with Gasteiger partial charge in [-0.3, -0.25) is 9.59 Å². The minimum Gasteiger partial charge on any atom is -0.370 e. The summed E-state index contributed by atoms with van der Waals surface area (Å²) in [4.78, 5) is 21.8. The molecule has 1 aromatic rings. The first-order valence-electron chi connectivity index (χ1n) is 5.70. The van der Waals surface area contributed by atoms with Crippen molar-refractivity contribution < 1.29 is 18.7 Å². The molecule has 4 N–H and O–H groups in total. The van der Waals surface area contributed by atoms with E-state index >= 15 is 0 Å². The number of nitrogens with one attached hydrogen (secondary N) is 2. The van der Waals surface area contributed by atoms with E-state index in [1.54, 1.807) is 0 Å². The number of carbonyl (C=O) groups is 2. The summed E-state index contributed by atoms with van der Waals surface area (Å²) in [5, 5.41) is 5.42. The van der Waals surface area contributed by atoms with Crippen LogP contribution in [0.15, 0.2) is 24.3 Å². The normalized spacial score (nSPS) is 10.2. The lowest BCUT2D eigenvalue weighted by Crippen LogP contribution is -2.31. The van der Waals surface area contributed by atoms with Crippen LogP contribution in [-0.4, -0.2) is 38.1 Å². The number of primary amides is 1. The zero-order valence-electron chi connectivity index (χ0n) is 10.3. The molecular formula is C12H16FN3O3. The zero-order chi connectivity index (χ0) is 14.1. The van der Waals surface area contributed by atoms with Crippen molar-refractivity contribution in [3.05, 3.63) is 30.1 Å². The van der Waals surface area contributed by atoms with E-state index in [2.05, 4.69) is 10.6 Å². The predicted octanol–water partition coefficient (Wildman–Crippen LogP) is -0.144. The Kier molecular flexibility index (Phi) is 6.48. The fourth-order valence-corrected chi connectivity index (χ4v) is 1.26. The monoisotopic (exact) mass is 269 g/mol. The Morgan fingerprint density at radius 3 is 2.58 bits per heavy atom. The van der Waals surface area contributed by atoms with Crippen LogP contribution in [0.4, 0.5) is 10.1 Å². The van der Waals surface area contributed by atoms with Gasteiger partial charge < -0.3 is 21.1 Å². The molecule has 1 aromatic carbocycles. The molecule has 0 atom stereocenters. The van der Waals surface area contributed by atoms with E-state index < -0.39 is 5.91 Å². The Morgan fingerprint density at radius 1 is 1.26 bits per heavy atom. The van der Waals surface area contributed by atoms with Crippen molar-refractivity contribution in [3.8, 4) is 0 Å². The van der Waals surface area contributed by atoms with Gasteiger partial charge in [-0.15, -0.1) is 0 Å². The molecule has 0 bridgehead atoms. The van der Waals surface area contributed by atoms with E-state index in [-0.39, 0.29) is 31.5 Å². The van der Waals surface area contributed by atoms with Crippen LogP contribution in [-0.2, 0) is 14.3 Å². The topological polar surface area (TPSA) is 93.5 Å². The van der Waals surface area contributed by atoms with Crippen LogP contribution in [0.1, 0.15) is 0 Å². The third-order valence-electron chi connectivity index (χ3n) is 2.08. The van der Waals surface area contributed by atoms with Gasteiger partial charge in [0, 0.05) is 12.2 Å². The summed E-state index contributed by atoms with van der Waals surface area (Å²) < 4.78 is 17.5. The lowest BCUT2D eigenvalue weighted by atomic mass is 10.3. The van der Waals surface area contributed by atoms with E-state index in [9.17, 15) is 14.0 Å². The molecule has 104 valence electrons. The van der Waals surface area contributed by atoms with Gasteiger partial charge >= 0.3 is 0 Å². The summed E-state index contributed by atoms with van der Waals surface area (Å²) >= 11 is 0. The number of hydrogen-bond acceptors (Lipinski definition) is 4. The molecule has 1 rings (SSSR count). The Hall–Kier alpha value is -1.99. The van der Waals surface area contributed by atoms with Gasteiger partial charge in [0.2, 0.25) is 11.8 Å². The Morgan fingerprint density at radius 2 is 1.95 bits per heavy atom. The first-order chi connectivity index (χ1) is 9.08. The number of amides is 2. The van der Waals surface area contributed by atoms with E-state index in [0.29, 0.717) is 12.2 Å². The number of hydrogen-bond donors (Lipinski definition) is 3. The number of benzene rings is 1. The number of ether oxygens (including phenoxy) is 1. The van der Waals surface area contributed by atoms with E-state index in [1.165, 1.54) is 24.3 Å². The molecule has 0 aliphatic carbocycles. The van der Waals surface area contributed by atoms with Crippen LogP contribution >= 0.6 is 0 Å². The van der Waals surface area contributed by atoms with Crippen molar-refractivity contribution in [1.82, 2.24) is 5.32 Å². The van der Waals surface area contributed by atoms with Crippen LogP contribution < -0.4 is 16.4 Å². The SMILES string of the molecule is NC(=O)COCCNCC(=O)Nc1ccc(F)cc1. The molecule has 0 heterocycles. The van der Waals surface area contributed by atoms with Gasteiger partial charge in [0.25, 0.3) is 0 Å². The summed E-state index contributed by atoms with van der Waals surface area (Å²) in [7, 11) is 0. The van der Waals surface area contributed by atoms with Crippen LogP contribution in [0.5, 0.6) is 0 Å². The van der Waals surface area contributed by atoms with Crippen molar-refractivity contribution in [2.75, 3.05) is 31.6 Å². The quantitative estimate of drug-likeness (QED) is 0.572. The van der Waals surface area contributed by atoms with Gasteiger partial charge in [-0.05, 0) is 24.3 Å². The van der Waals surface area contributed by atoms with Gasteiger partial charge in [-0.2, -0.15) is 0 Å². The lowest BCUT2D eigenvalue weighted by Gasteiger charge is -2.06. The van der Waals surface area contributed by atoms with E-state index in [4.69, 9.17) is 10.5 Å². The Balaban J connectivity index is 2.11. The number of rotatable bonds is 8. The molecule has 0 aliphatic heterocycles. The van der Waals surface area contributed by atoms with Gasteiger partial charge in [-0.25, -0.2) is 4.39 Å². The fourth-order valence-electron chi connectivity index (χ4n) is 1.26. The second-order valence-electron chi connectivity index (χ2n) is 3.75. The fraction of sp³-hybridized carbons (Fsp3) is 0.333. The highest BCUT2D eigenvalue weighted by molar-refractivity contribution is 5.92. The third kappa shape index (κ3) is 7.12. The van der Waals surface area contributed by atoms with Crippen molar-refractivity contribution in [2.45, 2.75) is 0 Å².